The summed E-state index contributed by atoms with van der Waals surface area (Å²) in [6.07, 6.45) is 5.40. The van der Waals surface area contributed by atoms with Gasteiger partial charge in [0.05, 0.1) is 24.5 Å². The zero-order chi connectivity index (χ0) is 18.8. The summed E-state index contributed by atoms with van der Waals surface area (Å²) in [5.41, 5.74) is 3.23. The van der Waals surface area contributed by atoms with Crippen molar-refractivity contribution in [1.29, 1.82) is 0 Å². The van der Waals surface area contributed by atoms with Crippen LogP contribution in [-0.4, -0.2) is 39.0 Å². The van der Waals surface area contributed by atoms with E-state index in [0.717, 1.165) is 34.2 Å². The van der Waals surface area contributed by atoms with Crippen molar-refractivity contribution < 1.29 is 4.39 Å². The lowest BCUT2D eigenvalue weighted by molar-refractivity contribution is 0.355. The average Bonchev–Trinajstić information content (AvgIpc) is 2.98. The highest BCUT2D eigenvalue weighted by Gasteiger charge is 2.23. The van der Waals surface area contributed by atoms with E-state index in [0.29, 0.717) is 19.6 Å². The van der Waals surface area contributed by atoms with Crippen molar-refractivity contribution in [3.05, 3.63) is 77.1 Å². The molecule has 1 aromatic heterocycles. The minimum absolute atomic E-state index is 0.306. The van der Waals surface area contributed by atoms with Crippen molar-refractivity contribution in [2.75, 3.05) is 13.6 Å². The first-order valence-electron chi connectivity index (χ1n) is 8.62. The number of nitrogens with zero attached hydrogens (tertiary/aromatic N) is 5. The van der Waals surface area contributed by atoms with Crippen molar-refractivity contribution in [3.63, 3.8) is 0 Å². The van der Waals surface area contributed by atoms with Crippen LogP contribution in [-0.2, 0) is 13.1 Å². The van der Waals surface area contributed by atoms with Crippen LogP contribution in [0.1, 0.15) is 22.8 Å². The minimum Gasteiger partial charge on any atom is -0.288 e. The van der Waals surface area contributed by atoms with Crippen molar-refractivity contribution in [3.8, 4) is 18.0 Å². The molecular weight excluding hydrogens is 341 g/mol. The molecule has 2 heterocycles. The Balaban J connectivity index is 1.86. The molecule has 0 N–H and O–H groups in total. The molecular formula is C21H18FN5. The molecule has 0 saturated carbocycles. The third-order valence-corrected chi connectivity index (χ3v) is 4.45. The lowest BCUT2D eigenvalue weighted by Gasteiger charge is -2.16. The van der Waals surface area contributed by atoms with Gasteiger partial charge in [-0.3, -0.25) is 14.5 Å². The van der Waals surface area contributed by atoms with Crippen LogP contribution in [0.25, 0.3) is 5.69 Å². The van der Waals surface area contributed by atoms with Gasteiger partial charge in [0.15, 0.2) is 11.6 Å². The molecule has 4 rings (SSSR count). The van der Waals surface area contributed by atoms with Gasteiger partial charge in [-0.2, -0.15) is 0 Å². The van der Waals surface area contributed by atoms with E-state index < -0.39 is 0 Å². The summed E-state index contributed by atoms with van der Waals surface area (Å²) in [5, 5.41) is 8.63. The maximum absolute atomic E-state index is 14.1. The second kappa shape index (κ2) is 7.14. The van der Waals surface area contributed by atoms with Crippen molar-refractivity contribution >= 4 is 5.71 Å². The number of halogens is 1. The lowest BCUT2D eigenvalue weighted by Crippen LogP contribution is -2.21. The van der Waals surface area contributed by atoms with E-state index in [1.165, 1.54) is 12.1 Å². The minimum atomic E-state index is -0.306. The number of terminal acetylenes is 1. The molecule has 0 fully saturated rings. The monoisotopic (exact) mass is 359 g/mol. The van der Waals surface area contributed by atoms with Gasteiger partial charge in [-0.25, -0.2) is 4.39 Å². The Morgan fingerprint density at radius 3 is 2.78 bits per heavy atom. The van der Waals surface area contributed by atoms with Crippen LogP contribution in [0.15, 0.2) is 53.5 Å². The van der Waals surface area contributed by atoms with Crippen LogP contribution < -0.4 is 0 Å². The van der Waals surface area contributed by atoms with E-state index in [4.69, 9.17) is 11.4 Å². The van der Waals surface area contributed by atoms with Crippen LogP contribution in [0.5, 0.6) is 0 Å². The number of rotatable bonds is 4. The molecule has 0 unspecified atom stereocenters. The summed E-state index contributed by atoms with van der Waals surface area (Å²) in [6.45, 7) is 1.41. The molecule has 0 spiro atoms. The fourth-order valence-corrected chi connectivity index (χ4v) is 3.26. The molecule has 0 bridgehead atoms. The second-order valence-corrected chi connectivity index (χ2v) is 6.44. The Kier molecular flexibility index (Phi) is 4.53. The lowest BCUT2D eigenvalue weighted by atomic mass is 10.0. The molecule has 0 atom stereocenters. The topological polar surface area (TPSA) is 46.3 Å². The Morgan fingerprint density at radius 1 is 1.19 bits per heavy atom. The Morgan fingerprint density at radius 2 is 2.00 bits per heavy atom. The average molecular weight is 359 g/mol. The summed E-state index contributed by atoms with van der Waals surface area (Å²) in [4.78, 5) is 6.70. The summed E-state index contributed by atoms with van der Waals surface area (Å²) in [5.74, 6) is 3.79. The molecule has 3 aromatic rings. The van der Waals surface area contributed by atoms with Gasteiger partial charge in [0.25, 0.3) is 0 Å². The smallest absolute Gasteiger partial charge is 0.159 e. The summed E-state index contributed by atoms with van der Waals surface area (Å²) in [6, 6.07) is 14.5. The van der Waals surface area contributed by atoms with Crippen LogP contribution >= 0.6 is 0 Å². The van der Waals surface area contributed by atoms with Crippen LogP contribution in [0.4, 0.5) is 4.39 Å². The molecule has 27 heavy (non-hydrogen) atoms. The number of hydrogen-bond donors (Lipinski definition) is 0. The van der Waals surface area contributed by atoms with Crippen LogP contribution in [0.3, 0.4) is 0 Å². The molecule has 6 heteroatoms. The number of aliphatic imine (C=N–C) groups is 1. The molecule has 1 aliphatic rings. The Bertz CT molecular complexity index is 1050. The van der Waals surface area contributed by atoms with Gasteiger partial charge in [-0.15, -0.1) is 16.6 Å². The van der Waals surface area contributed by atoms with Crippen molar-refractivity contribution in [2.24, 2.45) is 4.99 Å². The summed E-state index contributed by atoms with van der Waals surface area (Å²) < 4.78 is 16.1. The normalized spacial score (nSPS) is 12.7. The van der Waals surface area contributed by atoms with E-state index in [9.17, 15) is 4.39 Å². The maximum atomic E-state index is 14.1. The highest BCUT2D eigenvalue weighted by molar-refractivity contribution is 6.15. The zero-order valence-corrected chi connectivity index (χ0v) is 14.9. The number of fused-ring (bicyclic) bond motifs is 3. The van der Waals surface area contributed by atoms with E-state index >= 15 is 0 Å². The third-order valence-electron chi connectivity index (χ3n) is 4.45. The van der Waals surface area contributed by atoms with E-state index in [1.54, 1.807) is 6.07 Å². The van der Waals surface area contributed by atoms with Crippen LogP contribution in [0.2, 0.25) is 0 Å². The van der Waals surface area contributed by atoms with Crippen molar-refractivity contribution in [2.45, 2.75) is 13.1 Å². The van der Waals surface area contributed by atoms with Gasteiger partial charge in [-0.05, 0) is 25.2 Å². The highest BCUT2D eigenvalue weighted by atomic mass is 19.1. The van der Waals surface area contributed by atoms with Gasteiger partial charge >= 0.3 is 0 Å². The van der Waals surface area contributed by atoms with Gasteiger partial charge < -0.3 is 0 Å². The highest BCUT2D eigenvalue weighted by Crippen LogP contribution is 2.26. The molecule has 0 aliphatic carbocycles. The van der Waals surface area contributed by atoms with Gasteiger partial charge in [0, 0.05) is 11.1 Å². The number of aromatic nitrogens is 3. The molecule has 2 aromatic carbocycles. The van der Waals surface area contributed by atoms with Gasteiger partial charge in [-0.1, -0.05) is 36.3 Å². The maximum Gasteiger partial charge on any atom is 0.159 e. The SMILES string of the molecule is C#CCN(C)Cc1nnc2n1-c1ccc(F)cc1C(c1ccccc1)=NC2. The fraction of sp³-hybridized carbons (Fsp3) is 0.190. The number of hydrogen-bond acceptors (Lipinski definition) is 4. The first kappa shape index (κ1) is 17.1. The van der Waals surface area contributed by atoms with Crippen molar-refractivity contribution in [1.82, 2.24) is 19.7 Å². The first-order valence-corrected chi connectivity index (χ1v) is 8.62. The predicted octanol–water partition coefficient (Wildman–Crippen LogP) is 2.82. The third kappa shape index (κ3) is 3.25. The van der Waals surface area contributed by atoms with E-state index in [-0.39, 0.29) is 5.82 Å². The molecule has 134 valence electrons. The molecule has 5 nitrogen and oxygen atoms in total. The van der Waals surface area contributed by atoms with Crippen LogP contribution in [0, 0.1) is 18.2 Å². The second-order valence-electron chi connectivity index (χ2n) is 6.44. The predicted molar refractivity (Wildman–Crippen MR) is 102 cm³/mol. The molecule has 0 amide bonds. The molecule has 1 aliphatic heterocycles. The quantitative estimate of drug-likeness (QED) is 0.673. The Labute approximate surface area is 157 Å². The zero-order valence-electron chi connectivity index (χ0n) is 14.9. The largest absolute Gasteiger partial charge is 0.288 e. The van der Waals surface area contributed by atoms with Gasteiger partial charge in [0.1, 0.15) is 12.4 Å². The molecule has 0 saturated heterocycles. The summed E-state index contributed by atoms with van der Waals surface area (Å²) in [7, 11) is 1.93. The van der Waals surface area contributed by atoms with E-state index in [2.05, 4.69) is 16.1 Å². The van der Waals surface area contributed by atoms with Gasteiger partial charge in [0.2, 0.25) is 0 Å². The molecule has 0 radical (unpaired) electrons. The van der Waals surface area contributed by atoms with E-state index in [1.807, 2.05) is 46.8 Å². The number of benzene rings is 2. The summed E-state index contributed by atoms with van der Waals surface area (Å²) >= 11 is 0. The first-order chi connectivity index (χ1) is 13.2. The Hall–Kier alpha value is -3.30. The fourth-order valence-electron chi connectivity index (χ4n) is 3.26. The standard InChI is InChI=1S/C21H18FN5/c1-3-11-26(2)14-20-25-24-19-13-23-21(15-7-5-4-6-8-15)17-12-16(22)9-10-18(17)27(19)20/h1,4-10,12H,11,13-14H2,2H3.